The van der Waals surface area contributed by atoms with Crippen LogP contribution in [0.25, 0.3) is 0 Å². The highest BCUT2D eigenvalue weighted by Gasteiger charge is 2.13. The van der Waals surface area contributed by atoms with Crippen LogP contribution in [0.15, 0.2) is 23.1 Å². The maximum atomic E-state index is 10.9. The Kier molecular flexibility index (Phi) is 4.45. The van der Waals surface area contributed by atoms with Crippen molar-refractivity contribution in [1.82, 2.24) is 0 Å². The summed E-state index contributed by atoms with van der Waals surface area (Å²) in [5.41, 5.74) is 0.213. The van der Waals surface area contributed by atoms with Crippen LogP contribution >= 0.6 is 23.4 Å². The summed E-state index contributed by atoms with van der Waals surface area (Å²) in [5, 5.41) is 18.3. The molecule has 0 aliphatic carbocycles. The number of thioether (sulfide) groups is 1. The van der Waals surface area contributed by atoms with E-state index < -0.39 is 5.97 Å². The highest BCUT2D eigenvalue weighted by atomic mass is 35.5. The summed E-state index contributed by atoms with van der Waals surface area (Å²) in [6.07, 6.45) is 0. The van der Waals surface area contributed by atoms with Gasteiger partial charge in [0.15, 0.2) is 0 Å². The van der Waals surface area contributed by atoms with Gasteiger partial charge in [-0.15, -0.1) is 11.8 Å². The Labute approximate surface area is 97.1 Å². The van der Waals surface area contributed by atoms with Gasteiger partial charge in [0.2, 0.25) is 0 Å². The maximum Gasteiger partial charge on any atom is 0.336 e. The van der Waals surface area contributed by atoms with Gasteiger partial charge in [-0.05, 0) is 18.2 Å². The molecule has 0 aromatic heterocycles. The first-order valence-corrected chi connectivity index (χ1v) is 5.60. The van der Waals surface area contributed by atoms with Crippen molar-refractivity contribution in [2.75, 3.05) is 6.61 Å². The lowest BCUT2D eigenvalue weighted by molar-refractivity contribution is 0.0693. The predicted octanol–water partition coefficient (Wildman–Crippen LogP) is 2.51. The smallest absolute Gasteiger partial charge is 0.336 e. The number of rotatable bonds is 4. The van der Waals surface area contributed by atoms with Crippen LogP contribution in [0.2, 0.25) is 5.02 Å². The molecule has 0 saturated carbocycles. The third-order valence-corrected chi connectivity index (χ3v) is 3.14. The molecule has 0 saturated heterocycles. The van der Waals surface area contributed by atoms with Crippen LogP contribution < -0.4 is 0 Å². The highest BCUT2D eigenvalue weighted by molar-refractivity contribution is 8.00. The average molecular weight is 247 g/mol. The molecule has 1 rings (SSSR count). The van der Waals surface area contributed by atoms with E-state index in [4.69, 9.17) is 21.8 Å². The van der Waals surface area contributed by atoms with E-state index in [1.165, 1.54) is 17.8 Å². The van der Waals surface area contributed by atoms with Gasteiger partial charge in [0.25, 0.3) is 0 Å². The first-order valence-electron chi connectivity index (χ1n) is 4.35. The molecular formula is C10H11ClO3S. The molecule has 0 aliphatic heterocycles. The first kappa shape index (κ1) is 12.4. The lowest BCUT2D eigenvalue weighted by Gasteiger charge is -2.10. The number of hydrogen-bond acceptors (Lipinski definition) is 3. The van der Waals surface area contributed by atoms with Gasteiger partial charge in [-0.2, -0.15) is 0 Å². The molecule has 3 nitrogen and oxygen atoms in total. The molecule has 1 aromatic rings. The third kappa shape index (κ3) is 3.41. The molecule has 82 valence electrons. The zero-order chi connectivity index (χ0) is 11.4. The lowest BCUT2D eigenvalue weighted by atomic mass is 10.2. The minimum Gasteiger partial charge on any atom is -0.478 e. The topological polar surface area (TPSA) is 57.5 Å². The summed E-state index contributed by atoms with van der Waals surface area (Å²) >= 11 is 7.08. The van der Waals surface area contributed by atoms with E-state index in [0.717, 1.165) is 0 Å². The standard InChI is InChI=1S/C10H11ClO3S/c1-6(5-12)15-9-4-7(11)2-3-8(9)10(13)14/h2-4,6,12H,5H2,1H3,(H,13,14). The average Bonchev–Trinajstić information content (AvgIpc) is 2.17. The summed E-state index contributed by atoms with van der Waals surface area (Å²) < 4.78 is 0. The van der Waals surface area contributed by atoms with E-state index in [2.05, 4.69) is 0 Å². The van der Waals surface area contributed by atoms with Gasteiger partial charge >= 0.3 is 5.97 Å². The summed E-state index contributed by atoms with van der Waals surface area (Å²) in [6.45, 7) is 1.81. The zero-order valence-electron chi connectivity index (χ0n) is 8.11. The minimum absolute atomic E-state index is 0.00373. The van der Waals surface area contributed by atoms with E-state index in [-0.39, 0.29) is 17.4 Å². The Hall–Kier alpha value is -0.710. The molecule has 1 atom stereocenters. The van der Waals surface area contributed by atoms with Crippen molar-refractivity contribution in [1.29, 1.82) is 0 Å². The monoisotopic (exact) mass is 246 g/mol. The second-order valence-electron chi connectivity index (χ2n) is 3.06. The summed E-state index contributed by atoms with van der Waals surface area (Å²) in [7, 11) is 0. The Morgan fingerprint density at radius 1 is 1.60 bits per heavy atom. The van der Waals surface area contributed by atoms with E-state index in [0.29, 0.717) is 9.92 Å². The van der Waals surface area contributed by atoms with Crippen molar-refractivity contribution in [3.8, 4) is 0 Å². The molecule has 5 heteroatoms. The lowest BCUT2D eigenvalue weighted by Crippen LogP contribution is -2.05. The molecule has 1 unspecified atom stereocenters. The van der Waals surface area contributed by atoms with E-state index in [1.807, 2.05) is 6.92 Å². The number of carboxylic acid groups (broad SMARTS) is 1. The normalized spacial score (nSPS) is 12.5. The fraction of sp³-hybridized carbons (Fsp3) is 0.300. The van der Waals surface area contributed by atoms with E-state index in [9.17, 15) is 4.79 Å². The van der Waals surface area contributed by atoms with Crippen molar-refractivity contribution in [2.24, 2.45) is 0 Å². The van der Waals surface area contributed by atoms with Crippen molar-refractivity contribution < 1.29 is 15.0 Å². The SMILES string of the molecule is CC(CO)Sc1cc(Cl)ccc1C(=O)O. The van der Waals surface area contributed by atoms with E-state index in [1.54, 1.807) is 12.1 Å². The van der Waals surface area contributed by atoms with Crippen LogP contribution in [0.5, 0.6) is 0 Å². The number of carboxylic acids is 1. The second kappa shape index (κ2) is 5.39. The zero-order valence-corrected chi connectivity index (χ0v) is 9.68. The molecule has 0 aliphatic rings. The van der Waals surface area contributed by atoms with Gasteiger partial charge in [-0.25, -0.2) is 4.79 Å². The van der Waals surface area contributed by atoms with Crippen LogP contribution in [-0.2, 0) is 0 Å². The first-order chi connectivity index (χ1) is 7.04. The highest BCUT2D eigenvalue weighted by Crippen LogP contribution is 2.29. The number of carbonyl (C=O) groups is 1. The van der Waals surface area contributed by atoms with Crippen LogP contribution in [0.3, 0.4) is 0 Å². The van der Waals surface area contributed by atoms with Crippen molar-refractivity contribution in [2.45, 2.75) is 17.1 Å². The number of halogens is 1. The van der Waals surface area contributed by atoms with Gasteiger partial charge < -0.3 is 10.2 Å². The van der Waals surface area contributed by atoms with E-state index >= 15 is 0 Å². The summed E-state index contributed by atoms with van der Waals surface area (Å²) in [5.74, 6) is -0.987. The maximum absolute atomic E-state index is 10.9. The van der Waals surface area contributed by atoms with Gasteiger partial charge in [0.1, 0.15) is 0 Å². The number of aliphatic hydroxyl groups is 1. The van der Waals surface area contributed by atoms with Gasteiger partial charge in [0, 0.05) is 15.2 Å². The van der Waals surface area contributed by atoms with Gasteiger partial charge in [-0.1, -0.05) is 18.5 Å². The Morgan fingerprint density at radius 2 is 2.27 bits per heavy atom. The fourth-order valence-electron chi connectivity index (χ4n) is 1.02. The quantitative estimate of drug-likeness (QED) is 0.802. The van der Waals surface area contributed by atoms with Crippen LogP contribution in [0.4, 0.5) is 0 Å². The van der Waals surface area contributed by atoms with Crippen LogP contribution in [0.1, 0.15) is 17.3 Å². The van der Waals surface area contributed by atoms with Crippen molar-refractivity contribution in [3.05, 3.63) is 28.8 Å². The molecular weight excluding hydrogens is 236 g/mol. The van der Waals surface area contributed by atoms with Crippen LogP contribution in [-0.4, -0.2) is 28.0 Å². The predicted molar refractivity (Wildman–Crippen MR) is 60.8 cm³/mol. The number of hydrogen-bond donors (Lipinski definition) is 2. The molecule has 15 heavy (non-hydrogen) atoms. The fourth-order valence-corrected chi connectivity index (χ4v) is 2.25. The Balaban J connectivity index is 3.02. The molecule has 0 heterocycles. The minimum atomic E-state index is -0.987. The Bertz CT molecular complexity index is 368. The Morgan fingerprint density at radius 3 is 2.80 bits per heavy atom. The number of benzene rings is 1. The van der Waals surface area contributed by atoms with Crippen LogP contribution in [0, 0.1) is 0 Å². The van der Waals surface area contributed by atoms with Crippen molar-refractivity contribution >= 4 is 29.3 Å². The third-order valence-electron chi connectivity index (χ3n) is 1.76. The summed E-state index contributed by atoms with van der Waals surface area (Å²) in [4.78, 5) is 11.5. The second-order valence-corrected chi connectivity index (χ2v) is 4.97. The molecule has 0 bridgehead atoms. The molecule has 0 spiro atoms. The van der Waals surface area contributed by atoms with Crippen molar-refractivity contribution in [3.63, 3.8) is 0 Å². The molecule has 2 N–H and O–H groups in total. The van der Waals surface area contributed by atoms with Gasteiger partial charge in [-0.3, -0.25) is 0 Å². The molecule has 1 aromatic carbocycles. The molecule has 0 amide bonds. The molecule has 0 fully saturated rings. The summed E-state index contributed by atoms with van der Waals surface area (Å²) in [6, 6.07) is 4.61. The molecule has 0 radical (unpaired) electrons. The largest absolute Gasteiger partial charge is 0.478 e. The van der Waals surface area contributed by atoms with Gasteiger partial charge in [0.05, 0.1) is 12.2 Å². The number of aromatic carboxylic acids is 1. The number of aliphatic hydroxyl groups excluding tert-OH is 1.